The van der Waals surface area contributed by atoms with Crippen molar-refractivity contribution in [3.05, 3.63) is 0 Å². The number of primary amides is 1. The molecule has 0 spiro atoms. The molecule has 1 amide bonds. The minimum absolute atomic E-state index is 0.341. The summed E-state index contributed by atoms with van der Waals surface area (Å²) >= 11 is 1.70. The lowest BCUT2D eigenvalue weighted by Gasteiger charge is -2.14. The van der Waals surface area contributed by atoms with Crippen LogP contribution < -0.4 is 11.1 Å². The number of nitrogens with zero attached hydrogens (tertiary/aromatic N) is 1. The molecule has 1 rings (SSSR count). The van der Waals surface area contributed by atoms with E-state index < -0.39 is 0 Å². The Morgan fingerprint density at radius 2 is 2.29 bits per heavy atom. The average Bonchev–Trinajstić information content (AvgIpc) is 2.52. The van der Waals surface area contributed by atoms with Crippen LogP contribution >= 0.6 is 11.8 Å². The number of thioether (sulfide) groups is 1. The third kappa shape index (κ3) is 2.90. The van der Waals surface area contributed by atoms with Crippen LogP contribution in [-0.2, 0) is 4.79 Å². The molecule has 0 aromatic carbocycles. The second-order valence-electron chi connectivity index (χ2n) is 3.81. The van der Waals surface area contributed by atoms with E-state index in [0.29, 0.717) is 11.2 Å². The standard InChI is InChI=1S/C9H17N3OS/c1-5(2)7-4-11-9(14-7)12-6(3)8(10)13/h5-7H,4H2,1-3H3,(H2,10,13)(H,11,12). The van der Waals surface area contributed by atoms with Gasteiger partial charge in [0, 0.05) is 5.25 Å². The first-order valence-corrected chi connectivity index (χ1v) is 5.65. The van der Waals surface area contributed by atoms with Gasteiger partial charge in [0.25, 0.3) is 0 Å². The van der Waals surface area contributed by atoms with Crippen LogP contribution in [0.3, 0.4) is 0 Å². The molecule has 2 atom stereocenters. The SMILES string of the molecule is CC(NC1=NCC(C(C)C)S1)C(N)=O. The van der Waals surface area contributed by atoms with Crippen LogP contribution in [0.2, 0.25) is 0 Å². The lowest BCUT2D eigenvalue weighted by molar-refractivity contribution is -0.119. The van der Waals surface area contributed by atoms with Crippen LogP contribution in [0.4, 0.5) is 0 Å². The monoisotopic (exact) mass is 215 g/mol. The molecule has 5 heteroatoms. The Kier molecular flexibility index (Phi) is 3.80. The lowest BCUT2D eigenvalue weighted by Crippen LogP contribution is -2.40. The maximum absolute atomic E-state index is 10.8. The van der Waals surface area contributed by atoms with Crippen LogP contribution in [0.5, 0.6) is 0 Å². The highest BCUT2D eigenvalue weighted by Crippen LogP contribution is 2.25. The first-order chi connectivity index (χ1) is 6.50. The van der Waals surface area contributed by atoms with Gasteiger partial charge in [-0.15, -0.1) is 0 Å². The summed E-state index contributed by atoms with van der Waals surface area (Å²) in [5, 5.41) is 4.37. The van der Waals surface area contributed by atoms with Crippen molar-refractivity contribution in [3.8, 4) is 0 Å². The van der Waals surface area contributed by atoms with E-state index in [1.807, 2.05) is 0 Å². The van der Waals surface area contributed by atoms with Crippen molar-refractivity contribution in [2.45, 2.75) is 32.1 Å². The molecule has 0 aromatic rings. The van der Waals surface area contributed by atoms with E-state index in [2.05, 4.69) is 24.2 Å². The molecule has 3 N–H and O–H groups in total. The van der Waals surface area contributed by atoms with Gasteiger partial charge < -0.3 is 11.1 Å². The predicted octanol–water partition coefficient (Wildman–Crippen LogP) is 0.577. The van der Waals surface area contributed by atoms with Crippen molar-refractivity contribution < 1.29 is 4.79 Å². The van der Waals surface area contributed by atoms with Crippen molar-refractivity contribution >= 4 is 22.8 Å². The van der Waals surface area contributed by atoms with E-state index in [1.54, 1.807) is 18.7 Å². The zero-order valence-corrected chi connectivity index (χ0v) is 9.60. The molecule has 4 nitrogen and oxygen atoms in total. The number of amides is 1. The van der Waals surface area contributed by atoms with Gasteiger partial charge in [0.2, 0.25) is 5.91 Å². The lowest BCUT2D eigenvalue weighted by atomic mass is 10.1. The summed E-state index contributed by atoms with van der Waals surface area (Å²) < 4.78 is 0. The maximum Gasteiger partial charge on any atom is 0.239 e. The van der Waals surface area contributed by atoms with E-state index in [9.17, 15) is 4.79 Å². The second kappa shape index (κ2) is 4.68. The van der Waals surface area contributed by atoms with Gasteiger partial charge in [-0.1, -0.05) is 25.6 Å². The number of aliphatic imine (C=N–C) groups is 1. The van der Waals surface area contributed by atoms with E-state index >= 15 is 0 Å². The van der Waals surface area contributed by atoms with Crippen molar-refractivity contribution in [1.82, 2.24) is 5.32 Å². The second-order valence-corrected chi connectivity index (χ2v) is 5.04. The normalized spacial score (nSPS) is 23.4. The van der Waals surface area contributed by atoms with Gasteiger partial charge in [0.1, 0.15) is 6.04 Å². The number of hydrogen-bond donors (Lipinski definition) is 2. The fraction of sp³-hybridized carbons (Fsp3) is 0.778. The predicted molar refractivity (Wildman–Crippen MR) is 60.3 cm³/mol. The first-order valence-electron chi connectivity index (χ1n) is 4.77. The van der Waals surface area contributed by atoms with Crippen LogP contribution in [0, 0.1) is 5.92 Å². The highest BCUT2D eigenvalue weighted by atomic mass is 32.2. The summed E-state index contributed by atoms with van der Waals surface area (Å²) in [5.41, 5.74) is 5.14. The fourth-order valence-electron chi connectivity index (χ4n) is 1.07. The van der Waals surface area contributed by atoms with Gasteiger partial charge >= 0.3 is 0 Å². The molecule has 2 unspecified atom stereocenters. The molecule has 1 aliphatic rings. The Balaban J connectivity index is 2.39. The smallest absolute Gasteiger partial charge is 0.239 e. The van der Waals surface area contributed by atoms with Crippen LogP contribution in [-0.4, -0.2) is 28.9 Å². The first kappa shape index (κ1) is 11.4. The van der Waals surface area contributed by atoms with Crippen molar-refractivity contribution in [3.63, 3.8) is 0 Å². The highest BCUT2D eigenvalue weighted by molar-refractivity contribution is 8.14. The Morgan fingerprint density at radius 1 is 1.64 bits per heavy atom. The van der Waals surface area contributed by atoms with Crippen molar-refractivity contribution in [1.29, 1.82) is 0 Å². The number of amidine groups is 1. The van der Waals surface area contributed by atoms with Gasteiger partial charge in [0.05, 0.1) is 6.54 Å². The summed E-state index contributed by atoms with van der Waals surface area (Å²) in [6, 6.07) is -0.341. The highest BCUT2D eigenvalue weighted by Gasteiger charge is 2.23. The molecule has 0 fully saturated rings. The summed E-state index contributed by atoms with van der Waals surface area (Å²) in [7, 11) is 0. The quantitative estimate of drug-likeness (QED) is 0.723. The van der Waals surface area contributed by atoms with E-state index in [-0.39, 0.29) is 11.9 Å². The Hall–Kier alpha value is -0.710. The largest absolute Gasteiger partial charge is 0.368 e. The molecule has 1 aliphatic heterocycles. The summed E-state index contributed by atoms with van der Waals surface area (Å²) in [6.45, 7) is 6.92. The molecule has 0 bridgehead atoms. The molecule has 0 aromatic heterocycles. The number of carbonyl (C=O) groups is 1. The van der Waals surface area contributed by atoms with E-state index in [4.69, 9.17) is 5.73 Å². The summed E-state index contributed by atoms with van der Waals surface area (Å²) in [5.74, 6) is 0.258. The molecule has 1 heterocycles. The van der Waals surface area contributed by atoms with Crippen LogP contribution in [0.25, 0.3) is 0 Å². The average molecular weight is 215 g/mol. The fourth-order valence-corrected chi connectivity index (χ4v) is 2.18. The number of rotatable bonds is 3. The van der Waals surface area contributed by atoms with Crippen LogP contribution in [0.15, 0.2) is 4.99 Å². The molecule has 0 aliphatic carbocycles. The summed E-state index contributed by atoms with van der Waals surface area (Å²) in [4.78, 5) is 15.1. The zero-order valence-electron chi connectivity index (χ0n) is 8.78. The van der Waals surface area contributed by atoms with Crippen molar-refractivity contribution in [2.75, 3.05) is 6.54 Å². The van der Waals surface area contributed by atoms with Crippen molar-refractivity contribution in [2.24, 2.45) is 16.6 Å². The molecule has 14 heavy (non-hydrogen) atoms. The van der Waals surface area contributed by atoms with E-state index in [0.717, 1.165) is 11.7 Å². The van der Waals surface area contributed by atoms with Gasteiger partial charge in [-0.25, -0.2) is 0 Å². The molecule has 0 saturated carbocycles. The Morgan fingerprint density at radius 3 is 2.71 bits per heavy atom. The topological polar surface area (TPSA) is 67.5 Å². The number of nitrogens with one attached hydrogen (secondary N) is 1. The summed E-state index contributed by atoms with van der Waals surface area (Å²) in [6.07, 6.45) is 0. The van der Waals surface area contributed by atoms with Gasteiger partial charge in [0.15, 0.2) is 5.17 Å². The third-order valence-corrected chi connectivity index (χ3v) is 3.65. The number of hydrogen-bond acceptors (Lipinski definition) is 4. The molecular weight excluding hydrogens is 198 g/mol. The van der Waals surface area contributed by atoms with Gasteiger partial charge in [-0.05, 0) is 12.8 Å². The third-order valence-electron chi connectivity index (χ3n) is 2.19. The maximum atomic E-state index is 10.8. The Bertz CT molecular complexity index is 252. The Labute approximate surface area is 88.7 Å². The van der Waals surface area contributed by atoms with Crippen LogP contribution in [0.1, 0.15) is 20.8 Å². The zero-order chi connectivity index (χ0) is 10.7. The van der Waals surface area contributed by atoms with Gasteiger partial charge in [-0.3, -0.25) is 9.79 Å². The number of nitrogens with two attached hydrogens (primary N) is 1. The number of carbonyl (C=O) groups excluding carboxylic acids is 1. The minimum atomic E-state index is -0.346. The molecule has 0 radical (unpaired) electrons. The molecule has 0 saturated heterocycles. The molecule has 80 valence electrons. The van der Waals surface area contributed by atoms with Gasteiger partial charge in [-0.2, -0.15) is 0 Å². The molecular formula is C9H17N3OS. The van der Waals surface area contributed by atoms with E-state index in [1.165, 1.54) is 0 Å². The minimum Gasteiger partial charge on any atom is -0.368 e.